The van der Waals surface area contributed by atoms with Gasteiger partial charge in [0.05, 0.1) is 13.2 Å². The molecule has 0 radical (unpaired) electrons. The lowest BCUT2D eigenvalue weighted by Crippen LogP contribution is -2.32. The Bertz CT molecular complexity index is 603. The predicted molar refractivity (Wildman–Crippen MR) is 82.4 cm³/mol. The van der Waals surface area contributed by atoms with E-state index in [4.69, 9.17) is 4.74 Å². The van der Waals surface area contributed by atoms with E-state index < -0.39 is 0 Å². The molecule has 0 saturated carbocycles. The summed E-state index contributed by atoms with van der Waals surface area (Å²) in [6.07, 6.45) is 1.11. The number of fused-ring (bicyclic) bond motifs is 1. The highest BCUT2D eigenvalue weighted by Crippen LogP contribution is 2.36. The average molecular weight is 267 g/mol. The highest BCUT2D eigenvalue weighted by molar-refractivity contribution is 5.44. The molecule has 0 amide bonds. The SMILES string of the molecule is COc1ccc2c(c1)C(c1ccc(C)cc1)N(C)CC2. The van der Waals surface area contributed by atoms with Gasteiger partial charge >= 0.3 is 0 Å². The Hall–Kier alpha value is -1.80. The number of likely N-dealkylation sites (N-methyl/N-ethyl adjacent to an activating group) is 1. The maximum absolute atomic E-state index is 5.40. The first-order chi connectivity index (χ1) is 9.69. The van der Waals surface area contributed by atoms with Crippen LogP contribution < -0.4 is 4.74 Å². The second-order valence-electron chi connectivity index (χ2n) is 5.61. The molecule has 1 heterocycles. The van der Waals surface area contributed by atoms with Gasteiger partial charge < -0.3 is 4.74 Å². The van der Waals surface area contributed by atoms with Crippen LogP contribution in [-0.2, 0) is 6.42 Å². The van der Waals surface area contributed by atoms with Crippen LogP contribution in [0.15, 0.2) is 42.5 Å². The molecule has 1 aliphatic rings. The molecule has 1 aliphatic heterocycles. The van der Waals surface area contributed by atoms with Crippen molar-refractivity contribution in [3.8, 4) is 5.75 Å². The van der Waals surface area contributed by atoms with Gasteiger partial charge in [-0.05, 0) is 49.2 Å². The van der Waals surface area contributed by atoms with Crippen molar-refractivity contribution >= 4 is 0 Å². The fourth-order valence-electron chi connectivity index (χ4n) is 3.03. The summed E-state index contributed by atoms with van der Waals surface area (Å²) in [5.74, 6) is 0.941. The van der Waals surface area contributed by atoms with Gasteiger partial charge in [-0.2, -0.15) is 0 Å². The zero-order chi connectivity index (χ0) is 14.1. The van der Waals surface area contributed by atoms with Gasteiger partial charge in [-0.25, -0.2) is 0 Å². The van der Waals surface area contributed by atoms with Crippen LogP contribution in [0.25, 0.3) is 0 Å². The molecule has 2 nitrogen and oxygen atoms in total. The lowest BCUT2D eigenvalue weighted by Gasteiger charge is -2.35. The molecule has 0 spiro atoms. The molecule has 20 heavy (non-hydrogen) atoms. The molecule has 3 rings (SSSR count). The van der Waals surface area contributed by atoms with Crippen LogP contribution in [-0.4, -0.2) is 25.6 Å². The van der Waals surface area contributed by atoms with Crippen molar-refractivity contribution in [3.63, 3.8) is 0 Å². The molecular weight excluding hydrogens is 246 g/mol. The maximum atomic E-state index is 5.40. The first-order valence-electron chi connectivity index (χ1n) is 7.12. The number of hydrogen-bond donors (Lipinski definition) is 0. The van der Waals surface area contributed by atoms with Gasteiger partial charge in [0.1, 0.15) is 5.75 Å². The molecule has 1 atom stereocenters. The highest BCUT2D eigenvalue weighted by Gasteiger charge is 2.26. The normalized spacial score (nSPS) is 18.6. The van der Waals surface area contributed by atoms with Crippen LogP contribution in [0.5, 0.6) is 5.75 Å². The molecule has 104 valence electrons. The van der Waals surface area contributed by atoms with Gasteiger partial charge in [0, 0.05) is 6.54 Å². The van der Waals surface area contributed by atoms with Crippen molar-refractivity contribution in [2.75, 3.05) is 20.7 Å². The van der Waals surface area contributed by atoms with Crippen LogP contribution in [0.4, 0.5) is 0 Å². The summed E-state index contributed by atoms with van der Waals surface area (Å²) in [6, 6.07) is 15.7. The molecule has 0 N–H and O–H groups in total. The number of benzene rings is 2. The minimum absolute atomic E-state index is 0.328. The quantitative estimate of drug-likeness (QED) is 0.824. The van der Waals surface area contributed by atoms with E-state index in [1.54, 1.807) is 7.11 Å². The Kier molecular flexibility index (Phi) is 3.49. The fraction of sp³-hybridized carbons (Fsp3) is 0.333. The maximum Gasteiger partial charge on any atom is 0.119 e. The Balaban J connectivity index is 2.08. The first-order valence-corrected chi connectivity index (χ1v) is 7.12. The van der Waals surface area contributed by atoms with Gasteiger partial charge in [-0.15, -0.1) is 0 Å². The second kappa shape index (κ2) is 5.29. The standard InChI is InChI=1S/C18H21NO/c1-13-4-6-15(7-5-13)18-17-12-16(20-3)9-8-14(17)10-11-19(18)2/h4-9,12,18H,10-11H2,1-3H3. The third-order valence-electron chi connectivity index (χ3n) is 4.22. The van der Waals surface area contributed by atoms with Crippen LogP contribution in [0.2, 0.25) is 0 Å². The smallest absolute Gasteiger partial charge is 0.119 e. The zero-order valence-electron chi connectivity index (χ0n) is 12.4. The largest absolute Gasteiger partial charge is 0.497 e. The molecule has 0 saturated heterocycles. The Morgan fingerprint density at radius 3 is 2.55 bits per heavy atom. The van der Waals surface area contributed by atoms with Crippen molar-refractivity contribution in [2.24, 2.45) is 0 Å². The van der Waals surface area contributed by atoms with Crippen LogP contribution in [0.3, 0.4) is 0 Å². The minimum atomic E-state index is 0.328. The summed E-state index contributed by atoms with van der Waals surface area (Å²) in [5.41, 5.74) is 5.47. The average Bonchev–Trinajstić information content (AvgIpc) is 2.48. The van der Waals surface area contributed by atoms with Crippen LogP contribution in [0.1, 0.15) is 28.3 Å². The molecule has 2 heteroatoms. The molecular formula is C18H21NO. The van der Waals surface area contributed by atoms with Gasteiger partial charge in [-0.1, -0.05) is 35.9 Å². The number of rotatable bonds is 2. The van der Waals surface area contributed by atoms with E-state index >= 15 is 0 Å². The fourth-order valence-corrected chi connectivity index (χ4v) is 3.03. The van der Waals surface area contributed by atoms with E-state index in [0.29, 0.717) is 6.04 Å². The first kappa shape index (κ1) is 13.2. The summed E-state index contributed by atoms with van der Waals surface area (Å²) in [6.45, 7) is 3.23. The van der Waals surface area contributed by atoms with E-state index in [1.165, 1.54) is 22.3 Å². The van der Waals surface area contributed by atoms with Crippen molar-refractivity contribution in [1.29, 1.82) is 0 Å². The monoisotopic (exact) mass is 267 g/mol. The van der Waals surface area contributed by atoms with Crippen molar-refractivity contribution in [2.45, 2.75) is 19.4 Å². The number of ether oxygens (including phenoxy) is 1. The molecule has 2 aromatic carbocycles. The number of aryl methyl sites for hydroxylation is 1. The van der Waals surface area contributed by atoms with Gasteiger partial charge in [0.15, 0.2) is 0 Å². The van der Waals surface area contributed by atoms with E-state index in [9.17, 15) is 0 Å². The Morgan fingerprint density at radius 1 is 1.10 bits per heavy atom. The molecule has 0 aromatic heterocycles. The molecule has 0 bridgehead atoms. The highest BCUT2D eigenvalue weighted by atomic mass is 16.5. The van der Waals surface area contributed by atoms with E-state index in [-0.39, 0.29) is 0 Å². The summed E-state index contributed by atoms with van der Waals surface area (Å²) in [4.78, 5) is 2.42. The number of hydrogen-bond acceptors (Lipinski definition) is 2. The topological polar surface area (TPSA) is 12.5 Å². The van der Waals surface area contributed by atoms with Crippen molar-refractivity contribution in [1.82, 2.24) is 4.90 Å². The van der Waals surface area contributed by atoms with E-state index in [1.807, 2.05) is 0 Å². The number of methoxy groups -OCH3 is 1. The molecule has 0 aliphatic carbocycles. The molecule has 2 aromatic rings. The summed E-state index contributed by atoms with van der Waals surface area (Å²) in [7, 11) is 3.93. The predicted octanol–water partition coefficient (Wildman–Crippen LogP) is 3.58. The van der Waals surface area contributed by atoms with Gasteiger partial charge in [0.2, 0.25) is 0 Å². The second-order valence-corrected chi connectivity index (χ2v) is 5.61. The van der Waals surface area contributed by atoms with Crippen LogP contribution in [0, 0.1) is 6.92 Å². The number of nitrogens with zero attached hydrogens (tertiary/aromatic N) is 1. The molecule has 0 fully saturated rings. The summed E-state index contributed by atoms with van der Waals surface area (Å²) >= 11 is 0. The van der Waals surface area contributed by atoms with E-state index in [0.717, 1.165) is 18.7 Å². The Morgan fingerprint density at radius 2 is 1.85 bits per heavy atom. The zero-order valence-corrected chi connectivity index (χ0v) is 12.4. The van der Waals surface area contributed by atoms with Crippen molar-refractivity contribution < 1.29 is 4.74 Å². The Labute approximate surface area is 121 Å². The van der Waals surface area contributed by atoms with Gasteiger partial charge in [0.25, 0.3) is 0 Å². The summed E-state index contributed by atoms with van der Waals surface area (Å²) < 4.78 is 5.40. The van der Waals surface area contributed by atoms with Crippen molar-refractivity contribution in [3.05, 3.63) is 64.7 Å². The van der Waals surface area contributed by atoms with Crippen LogP contribution >= 0.6 is 0 Å². The lowest BCUT2D eigenvalue weighted by atomic mass is 9.88. The molecule has 1 unspecified atom stereocenters. The van der Waals surface area contributed by atoms with E-state index in [2.05, 4.69) is 61.3 Å². The van der Waals surface area contributed by atoms with Gasteiger partial charge in [-0.3, -0.25) is 4.90 Å². The summed E-state index contributed by atoms with van der Waals surface area (Å²) in [5, 5.41) is 0. The third kappa shape index (κ3) is 2.32. The minimum Gasteiger partial charge on any atom is -0.497 e. The third-order valence-corrected chi connectivity index (χ3v) is 4.22. The lowest BCUT2D eigenvalue weighted by molar-refractivity contribution is 0.264.